The fourth-order valence-corrected chi connectivity index (χ4v) is 3.24. The van der Waals surface area contributed by atoms with Gasteiger partial charge < -0.3 is 10.2 Å². The summed E-state index contributed by atoms with van der Waals surface area (Å²) < 4.78 is 0. The number of pyridine rings is 1. The summed E-state index contributed by atoms with van der Waals surface area (Å²) in [4.78, 5) is 15.3. The van der Waals surface area contributed by atoms with Crippen LogP contribution >= 0.6 is 0 Å². The number of rotatable bonds is 3. The van der Waals surface area contributed by atoms with Gasteiger partial charge in [0.15, 0.2) is 0 Å². The van der Waals surface area contributed by atoms with Crippen molar-refractivity contribution in [3.63, 3.8) is 0 Å². The van der Waals surface area contributed by atoms with E-state index in [9.17, 15) is 5.26 Å². The van der Waals surface area contributed by atoms with Crippen molar-refractivity contribution in [2.75, 3.05) is 23.3 Å². The molecule has 3 aromatic rings. The van der Waals surface area contributed by atoms with Crippen molar-refractivity contribution in [1.29, 1.82) is 5.26 Å². The van der Waals surface area contributed by atoms with Crippen molar-refractivity contribution in [2.45, 2.75) is 19.4 Å². The van der Waals surface area contributed by atoms with Gasteiger partial charge in [-0.05, 0) is 25.5 Å². The third-order valence-electron chi connectivity index (χ3n) is 4.47. The Morgan fingerprint density at radius 1 is 1.24 bits per heavy atom. The molecule has 6 nitrogen and oxygen atoms in total. The number of nitriles is 1. The van der Waals surface area contributed by atoms with Gasteiger partial charge in [-0.3, -0.25) is 0 Å². The zero-order chi connectivity index (χ0) is 17.2. The molecular formula is C19H18N6. The molecule has 1 fully saturated rings. The van der Waals surface area contributed by atoms with Gasteiger partial charge in [-0.1, -0.05) is 18.2 Å². The third kappa shape index (κ3) is 3.09. The molecule has 1 aromatic carbocycles. The number of fused-ring (bicyclic) bond motifs is 1. The number of anilines is 2. The molecule has 0 saturated carbocycles. The van der Waals surface area contributed by atoms with E-state index in [2.05, 4.69) is 26.3 Å². The van der Waals surface area contributed by atoms with Gasteiger partial charge in [-0.15, -0.1) is 0 Å². The Bertz CT molecular complexity index is 962. The summed E-state index contributed by atoms with van der Waals surface area (Å²) in [5, 5.41) is 14.0. The summed E-state index contributed by atoms with van der Waals surface area (Å²) in [6, 6.07) is 14.3. The van der Waals surface area contributed by atoms with E-state index in [0.717, 1.165) is 47.7 Å². The van der Waals surface area contributed by atoms with E-state index < -0.39 is 0 Å². The van der Waals surface area contributed by atoms with Crippen LogP contribution in [0.5, 0.6) is 0 Å². The lowest BCUT2D eigenvalue weighted by Gasteiger charge is -2.20. The molecular weight excluding hydrogens is 312 g/mol. The molecule has 1 unspecified atom stereocenters. The normalized spacial score (nSPS) is 16.8. The molecule has 6 heteroatoms. The molecule has 1 aliphatic rings. The third-order valence-corrected chi connectivity index (χ3v) is 4.47. The van der Waals surface area contributed by atoms with Crippen LogP contribution in [0.1, 0.15) is 17.7 Å². The highest BCUT2D eigenvalue weighted by atomic mass is 15.2. The van der Waals surface area contributed by atoms with Crippen LogP contribution in [0.25, 0.3) is 10.9 Å². The first-order valence-electron chi connectivity index (χ1n) is 8.33. The van der Waals surface area contributed by atoms with E-state index in [-0.39, 0.29) is 6.04 Å². The van der Waals surface area contributed by atoms with Gasteiger partial charge in [0.05, 0.1) is 11.1 Å². The SMILES string of the molecule is Cc1cc(NC2CCN(c3nc4ccccc4cc3C#N)C2)ncn1. The van der Waals surface area contributed by atoms with Crippen LogP contribution in [0.3, 0.4) is 0 Å². The van der Waals surface area contributed by atoms with E-state index in [1.807, 2.05) is 43.3 Å². The lowest BCUT2D eigenvalue weighted by molar-refractivity contribution is 0.798. The van der Waals surface area contributed by atoms with Gasteiger partial charge in [0.25, 0.3) is 0 Å². The van der Waals surface area contributed by atoms with Gasteiger partial charge in [-0.25, -0.2) is 15.0 Å². The highest BCUT2D eigenvalue weighted by molar-refractivity contribution is 5.83. The van der Waals surface area contributed by atoms with Crippen molar-refractivity contribution in [3.05, 3.63) is 54.0 Å². The number of hydrogen-bond donors (Lipinski definition) is 1. The lowest BCUT2D eigenvalue weighted by Crippen LogP contribution is -2.27. The molecule has 1 atom stereocenters. The monoisotopic (exact) mass is 330 g/mol. The second-order valence-electron chi connectivity index (χ2n) is 6.28. The van der Waals surface area contributed by atoms with Crippen LogP contribution < -0.4 is 10.2 Å². The Morgan fingerprint density at radius 2 is 2.12 bits per heavy atom. The number of para-hydroxylation sites is 1. The molecule has 0 bridgehead atoms. The molecule has 0 amide bonds. The first-order valence-corrected chi connectivity index (χ1v) is 8.33. The van der Waals surface area contributed by atoms with Crippen molar-refractivity contribution in [3.8, 4) is 6.07 Å². The number of aryl methyl sites for hydroxylation is 1. The van der Waals surface area contributed by atoms with Gasteiger partial charge in [0, 0.05) is 36.3 Å². The Kier molecular flexibility index (Phi) is 3.90. The first kappa shape index (κ1) is 15.3. The zero-order valence-electron chi connectivity index (χ0n) is 14.0. The maximum atomic E-state index is 9.52. The van der Waals surface area contributed by atoms with Crippen LogP contribution in [0.2, 0.25) is 0 Å². The number of aromatic nitrogens is 3. The van der Waals surface area contributed by atoms with Crippen molar-refractivity contribution < 1.29 is 0 Å². The average molecular weight is 330 g/mol. The van der Waals surface area contributed by atoms with E-state index in [4.69, 9.17) is 4.98 Å². The van der Waals surface area contributed by atoms with Crippen LogP contribution in [-0.2, 0) is 0 Å². The Balaban J connectivity index is 1.57. The van der Waals surface area contributed by atoms with Crippen molar-refractivity contribution >= 4 is 22.5 Å². The summed E-state index contributed by atoms with van der Waals surface area (Å²) >= 11 is 0. The number of nitrogens with one attached hydrogen (secondary N) is 1. The fourth-order valence-electron chi connectivity index (χ4n) is 3.24. The first-order chi connectivity index (χ1) is 12.2. The lowest BCUT2D eigenvalue weighted by atomic mass is 10.1. The summed E-state index contributed by atoms with van der Waals surface area (Å²) in [6.45, 7) is 3.61. The molecule has 1 N–H and O–H groups in total. The largest absolute Gasteiger partial charge is 0.365 e. The molecule has 3 heterocycles. The van der Waals surface area contributed by atoms with Crippen LogP contribution in [0.15, 0.2) is 42.7 Å². The van der Waals surface area contributed by atoms with Gasteiger partial charge >= 0.3 is 0 Å². The van der Waals surface area contributed by atoms with Gasteiger partial charge in [0.2, 0.25) is 0 Å². The molecule has 0 spiro atoms. The van der Waals surface area contributed by atoms with Crippen LogP contribution in [0.4, 0.5) is 11.6 Å². The predicted octanol–water partition coefficient (Wildman–Crippen LogP) is 2.90. The number of benzene rings is 1. The highest BCUT2D eigenvalue weighted by Gasteiger charge is 2.26. The van der Waals surface area contributed by atoms with Crippen LogP contribution in [-0.4, -0.2) is 34.1 Å². The molecule has 4 rings (SSSR count). The number of hydrogen-bond acceptors (Lipinski definition) is 6. The highest BCUT2D eigenvalue weighted by Crippen LogP contribution is 2.26. The predicted molar refractivity (Wildman–Crippen MR) is 97.5 cm³/mol. The zero-order valence-corrected chi connectivity index (χ0v) is 14.0. The molecule has 2 aromatic heterocycles. The Morgan fingerprint density at radius 3 is 2.96 bits per heavy atom. The molecule has 1 aliphatic heterocycles. The van der Waals surface area contributed by atoms with E-state index in [1.54, 1.807) is 6.33 Å². The van der Waals surface area contributed by atoms with E-state index >= 15 is 0 Å². The van der Waals surface area contributed by atoms with Crippen molar-refractivity contribution in [1.82, 2.24) is 15.0 Å². The molecule has 1 saturated heterocycles. The van der Waals surface area contributed by atoms with E-state index in [0.29, 0.717) is 5.56 Å². The second kappa shape index (κ2) is 6.36. The second-order valence-corrected chi connectivity index (χ2v) is 6.28. The smallest absolute Gasteiger partial charge is 0.147 e. The van der Waals surface area contributed by atoms with Crippen LogP contribution in [0, 0.1) is 18.3 Å². The standard InChI is InChI=1S/C19H18N6/c1-13-8-18(22-12-21-13)23-16-6-7-25(11-16)19-15(10-20)9-14-4-2-3-5-17(14)24-19/h2-5,8-9,12,16H,6-7,11H2,1H3,(H,21,22,23). The molecule has 124 valence electrons. The molecule has 0 aliphatic carbocycles. The number of nitrogens with zero attached hydrogens (tertiary/aromatic N) is 5. The minimum atomic E-state index is 0.272. The Hall–Kier alpha value is -3.20. The summed E-state index contributed by atoms with van der Waals surface area (Å²) in [5.74, 6) is 1.61. The summed E-state index contributed by atoms with van der Waals surface area (Å²) in [5.41, 5.74) is 2.48. The van der Waals surface area contributed by atoms with Crippen molar-refractivity contribution in [2.24, 2.45) is 0 Å². The average Bonchev–Trinajstić information content (AvgIpc) is 3.09. The molecule has 0 radical (unpaired) electrons. The summed E-state index contributed by atoms with van der Waals surface area (Å²) in [7, 11) is 0. The minimum absolute atomic E-state index is 0.272. The fraction of sp³-hybridized carbons (Fsp3) is 0.263. The Labute approximate surface area is 146 Å². The summed E-state index contributed by atoms with van der Waals surface area (Å²) in [6.07, 6.45) is 2.55. The maximum absolute atomic E-state index is 9.52. The van der Waals surface area contributed by atoms with Gasteiger partial charge in [0.1, 0.15) is 24.0 Å². The minimum Gasteiger partial charge on any atom is -0.365 e. The van der Waals surface area contributed by atoms with Gasteiger partial charge in [-0.2, -0.15) is 5.26 Å². The molecule has 25 heavy (non-hydrogen) atoms. The quantitative estimate of drug-likeness (QED) is 0.795. The van der Waals surface area contributed by atoms with E-state index in [1.165, 1.54) is 0 Å². The topological polar surface area (TPSA) is 77.7 Å². The maximum Gasteiger partial charge on any atom is 0.147 e.